The lowest BCUT2D eigenvalue weighted by molar-refractivity contribution is 0.0593. The van der Waals surface area contributed by atoms with E-state index < -0.39 is 0 Å². The van der Waals surface area contributed by atoms with Crippen molar-refractivity contribution in [1.82, 2.24) is 19.4 Å². The lowest BCUT2D eigenvalue weighted by Crippen LogP contribution is -2.42. The van der Waals surface area contributed by atoms with Crippen LogP contribution in [0.2, 0.25) is 0 Å². The third-order valence-electron chi connectivity index (χ3n) is 5.77. The fourth-order valence-corrected chi connectivity index (χ4v) is 4.01. The zero-order chi connectivity index (χ0) is 19.1. The highest BCUT2D eigenvalue weighted by Crippen LogP contribution is 2.34. The van der Waals surface area contributed by atoms with Crippen molar-refractivity contribution in [2.45, 2.75) is 38.3 Å². The topological polar surface area (TPSA) is 83.1 Å². The van der Waals surface area contributed by atoms with Crippen LogP contribution in [0.3, 0.4) is 0 Å². The van der Waals surface area contributed by atoms with Gasteiger partial charge in [-0.2, -0.15) is 0 Å². The molecule has 2 fully saturated rings. The molecule has 1 amide bonds. The number of carbonyl (C=O) groups is 1. The van der Waals surface area contributed by atoms with Crippen LogP contribution in [0.5, 0.6) is 5.75 Å². The Morgan fingerprint density at radius 3 is 2.68 bits per heavy atom. The minimum absolute atomic E-state index is 0.0895. The fourth-order valence-electron chi connectivity index (χ4n) is 4.01. The molecule has 7 heteroatoms. The number of ether oxygens (including phenoxy) is 1. The van der Waals surface area contributed by atoms with Crippen LogP contribution in [0.25, 0.3) is 10.9 Å². The second-order valence-electron chi connectivity index (χ2n) is 7.87. The van der Waals surface area contributed by atoms with E-state index in [1.165, 1.54) is 24.6 Å². The minimum Gasteiger partial charge on any atom is -0.490 e. The zero-order valence-electron chi connectivity index (χ0n) is 15.7. The van der Waals surface area contributed by atoms with Crippen molar-refractivity contribution >= 4 is 16.8 Å². The molecule has 0 unspecified atom stereocenters. The maximum atomic E-state index is 12.4. The number of rotatable bonds is 5. The molecule has 0 atom stereocenters. The molecule has 0 bridgehead atoms. The molecule has 3 heterocycles. The summed E-state index contributed by atoms with van der Waals surface area (Å²) in [5.41, 5.74) is 1.18. The number of nitrogens with one attached hydrogen (secondary N) is 2. The van der Waals surface area contributed by atoms with Crippen molar-refractivity contribution in [2.24, 2.45) is 5.92 Å². The molecule has 1 saturated carbocycles. The molecular weight excluding hydrogens is 356 g/mol. The van der Waals surface area contributed by atoms with Gasteiger partial charge in [-0.05, 0) is 37.0 Å². The van der Waals surface area contributed by atoms with E-state index in [-0.39, 0.29) is 17.7 Å². The molecule has 1 aromatic carbocycles. The normalized spacial score (nSPS) is 17.9. The number of piperidine rings is 1. The van der Waals surface area contributed by atoms with Crippen molar-refractivity contribution in [3.8, 4) is 5.75 Å². The first-order chi connectivity index (χ1) is 13.7. The smallest absolute Gasteiger partial charge is 0.323 e. The van der Waals surface area contributed by atoms with Crippen LogP contribution < -0.4 is 10.4 Å². The highest BCUT2D eigenvalue weighted by atomic mass is 16.5. The molecule has 1 saturated heterocycles. The molecule has 146 valence electrons. The van der Waals surface area contributed by atoms with Gasteiger partial charge in [-0.25, -0.2) is 4.79 Å². The molecule has 5 rings (SSSR count). The van der Waals surface area contributed by atoms with Crippen molar-refractivity contribution in [2.75, 3.05) is 13.1 Å². The lowest BCUT2D eigenvalue weighted by Gasteiger charge is -2.32. The Morgan fingerprint density at radius 2 is 1.96 bits per heavy atom. The van der Waals surface area contributed by atoms with Gasteiger partial charge in [0.2, 0.25) is 0 Å². The van der Waals surface area contributed by atoms with Crippen LogP contribution in [-0.4, -0.2) is 44.5 Å². The molecule has 7 nitrogen and oxygen atoms in total. The standard InChI is InChI=1S/C21H24N4O3/c26-20(17-12-22-21(27)23-17)24-9-6-15(7-10-24)28-19-3-1-2-18-16(19)8-11-25(18)13-14-4-5-14/h1-3,8,11-12,14-15H,4-7,9-10,13H2,(H2,22,23,27). The summed E-state index contributed by atoms with van der Waals surface area (Å²) >= 11 is 0. The number of amides is 1. The van der Waals surface area contributed by atoms with Crippen molar-refractivity contribution < 1.29 is 9.53 Å². The Bertz CT molecular complexity index is 1050. The summed E-state index contributed by atoms with van der Waals surface area (Å²) in [6.07, 6.45) is 7.91. The van der Waals surface area contributed by atoms with Crippen molar-refractivity contribution in [3.05, 3.63) is 52.8 Å². The lowest BCUT2D eigenvalue weighted by atomic mass is 10.1. The molecule has 0 spiro atoms. The van der Waals surface area contributed by atoms with Crippen LogP contribution in [0.4, 0.5) is 0 Å². The summed E-state index contributed by atoms with van der Waals surface area (Å²) in [6, 6.07) is 8.39. The highest BCUT2D eigenvalue weighted by molar-refractivity contribution is 5.92. The maximum absolute atomic E-state index is 12.4. The third kappa shape index (κ3) is 3.32. The predicted molar refractivity (Wildman–Crippen MR) is 106 cm³/mol. The average Bonchev–Trinajstić information content (AvgIpc) is 3.27. The van der Waals surface area contributed by atoms with Gasteiger partial charge in [0.05, 0.1) is 5.52 Å². The number of H-pyrrole nitrogens is 2. The van der Waals surface area contributed by atoms with Gasteiger partial charge in [0.15, 0.2) is 0 Å². The van der Waals surface area contributed by atoms with E-state index in [0.717, 1.165) is 36.4 Å². The van der Waals surface area contributed by atoms with Gasteiger partial charge in [0.1, 0.15) is 17.5 Å². The molecule has 2 aliphatic rings. The number of fused-ring (bicyclic) bond motifs is 1. The number of likely N-dealkylation sites (tertiary alicyclic amines) is 1. The molecular formula is C21H24N4O3. The first-order valence-electron chi connectivity index (χ1n) is 9.99. The van der Waals surface area contributed by atoms with Gasteiger partial charge < -0.3 is 24.2 Å². The molecule has 1 aliphatic heterocycles. The number of hydrogen-bond donors (Lipinski definition) is 2. The molecule has 1 aliphatic carbocycles. The zero-order valence-corrected chi connectivity index (χ0v) is 15.7. The second-order valence-corrected chi connectivity index (χ2v) is 7.87. The largest absolute Gasteiger partial charge is 0.490 e. The third-order valence-corrected chi connectivity index (χ3v) is 5.77. The quantitative estimate of drug-likeness (QED) is 0.714. The van der Waals surface area contributed by atoms with Crippen LogP contribution in [0, 0.1) is 5.92 Å². The summed E-state index contributed by atoms with van der Waals surface area (Å²) < 4.78 is 8.66. The Morgan fingerprint density at radius 1 is 1.14 bits per heavy atom. The van der Waals surface area contributed by atoms with Crippen LogP contribution in [0.1, 0.15) is 36.2 Å². The van der Waals surface area contributed by atoms with Gasteiger partial charge in [0, 0.05) is 50.3 Å². The molecule has 3 aromatic rings. The average molecular weight is 380 g/mol. The van der Waals surface area contributed by atoms with E-state index in [2.05, 4.69) is 38.9 Å². The van der Waals surface area contributed by atoms with Gasteiger partial charge >= 0.3 is 5.69 Å². The Labute approximate surface area is 162 Å². The van der Waals surface area contributed by atoms with E-state index in [4.69, 9.17) is 4.74 Å². The van der Waals surface area contributed by atoms with Crippen LogP contribution in [0.15, 0.2) is 41.5 Å². The maximum Gasteiger partial charge on any atom is 0.323 e. The van der Waals surface area contributed by atoms with Crippen molar-refractivity contribution in [3.63, 3.8) is 0 Å². The van der Waals surface area contributed by atoms with E-state index in [0.29, 0.717) is 18.8 Å². The molecule has 28 heavy (non-hydrogen) atoms. The summed E-state index contributed by atoms with van der Waals surface area (Å²) in [6.45, 7) is 2.33. The summed E-state index contributed by atoms with van der Waals surface area (Å²) in [5.74, 6) is 1.61. The Hall–Kier alpha value is -2.96. The summed E-state index contributed by atoms with van der Waals surface area (Å²) in [7, 11) is 0. The predicted octanol–water partition coefficient (Wildman–Crippen LogP) is 2.75. The molecule has 0 radical (unpaired) electrons. The first kappa shape index (κ1) is 17.2. The number of benzene rings is 1. The Balaban J connectivity index is 1.24. The van der Waals surface area contributed by atoms with Crippen LogP contribution >= 0.6 is 0 Å². The van der Waals surface area contributed by atoms with E-state index in [9.17, 15) is 9.59 Å². The molecule has 2 aromatic heterocycles. The van der Waals surface area contributed by atoms with Crippen LogP contribution in [-0.2, 0) is 6.54 Å². The van der Waals surface area contributed by atoms with Gasteiger partial charge in [0.25, 0.3) is 5.91 Å². The number of carbonyl (C=O) groups excluding carboxylic acids is 1. The number of aromatic amines is 2. The van der Waals surface area contributed by atoms with E-state index >= 15 is 0 Å². The van der Waals surface area contributed by atoms with E-state index in [1.54, 1.807) is 4.90 Å². The number of imidazole rings is 1. The fraction of sp³-hybridized carbons (Fsp3) is 0.429. The first-order valence-corrected chi connectivity index (χ1v) is 9.99. The number of aromatic nitrogens is 3. The summed E-state index contributed by atoms with van der Waals surface area (Å²) in [4.78, 5) is 30.4. The van der Waals surface area contributed by atoms with E-state index in [1.807, 2.05) is 6.07 Å². The molecule has 2 N–H and O–H groups in total. The van der Waals surface area contributed by atoms with Gasteiger partial charge in [-0.1, -0.05) is 6.07 Å². The highest BCUT2D eigenvalue weighted by Gasteiger charge is 2.26. The van der Waals surface area contributed by atoms with Crippen molar-refractivity contribution in [1.29, 1.82) is 0 Å². The minimum atomic E-state index is -0.358. The van der Waals surface area contributed by atoms with Gasteiger partial charge in [-0.3, -0.25) is 4.79 Å². The Kier molecular flexibility index (Phi) is 4.22. The second kappa shape index (κ2) is 6.89. The number of nitrogens with zero attached hydrogens (tertiary/aromatic N) is 2. The monoisotopic (exact) mass is 380 g/mol. The van der Waals surface area contributed by atoms with Gasteiger partial charge in [-0.15, -0.1) is 0 Å². The SMILES string of the molecule is O=C(c1c[nH]c(=O)[nH]1)N1CCC(Oc2cccc3c2ccn3CC2CC2)CC1. The summed E-state index contributed by atoms with van der Waals surface area (Å²) in [5, 5.41) is 1.16. The number of hydrogen-bond acceptors (Lipinski definition) is 3.